The van der Waals surface area contributed by atoms with Crippen molar-refractivity contribution in [2.45, 2.75) is 13.0 Å². The van der Waals surface area contributed by atoms with Gasteiger partial charge in [0.15, 0.2) is 12.7 Å². The number of ether oxygens (including phenoxy) is 3. The predicted octanol–water partition coefficient (Wildman–Crippen LogP) is 2.46. The van der Waals surface area contributed by atoms with Crippen molar-refractivity contribution in [2.24, 2.45) is 0 Å². The van der Waals surface area contributed by atoms with E-state index >= 15 is 0 Å². The summed E-state index contributed by atoms with van der Waals surface area (Å²) in [4.78, 5) is 25.6. The van der Waals surface area contributed by atoms with E-state index in [1.807, 2.05) is 0 Å². The molecule has 0 saturated heterocycles. The van der Waals surface area contributed by atoms with E-state index in [4.69, 9.17) is 14.2 Å². The average Bonchev–Trinajstić information content (AvgIpc) is 2.65. The van der Waals surface area contributed by atoms with Crippen molar-refractivity contribution in [3.8, 4) is 17.2 Å². The minimum absolute atomic E-state index is 0.0145. The quantitative estimate of drug-likeness (QED) is 0.890. The molecule has 26 heavy (non-hydrogen) atoms. The van der Waals surface area contributed by atoms with Crippen molar-refractivity contribution in [2.75, 3.05) is 31.0 Å². The summed E-state index contributed by atoms with van der Waals surface area (Å²) in [6, 6.07) is 12.2. The Morgan fingerprint density at radius 2 is 2.00 bits per heavy atom. The van der Waals surface area contributed by atoms with Gasteiger partial charge in [-0.15, -0.1) is 0 Å². The van der Waals surface area contributed by atoms with Crippen molar-refractivity contribution in [1.29, 1.82) is 0 Å². The molecule has 0 aliphatic carbocycles. The number of carbonyl (C=O) groups is 2. The molecule has 7 nitrogen and oxygen atoms in total. The molecule has 2 aromatic carbocycles. The summed E-state index contributed by atoms with van der Waals surface area (Å²) in [6.07, 6.45) is -0.714. The van der Waals surface area contributed by atoms with Gasteiger partial charge in [0.05, 0.1) is 12.8 Å². The molecule has 0 radical (unpaired) electrons. The number of hydrogen-bond acceptors (Lipinski definition) is 5. The van der Waals surface area contributed by atoms with Crippen LogP contribution in [0.15, 0.2) is 42.5 Å². The van der Waals surface area contributed by atoms with Gasteiger partial charge in [-0.2, -0.15) is 0 Å². The Morgan fingerprint density at radius 1 is 1.23 bits per heavy atom. The molecule has 3 rings (SSSR count). The molecule has 0 bridgehead atoms. The van der Waals surface area contributed by atoms with E-state index in [0.29, 0.717) is 28.6 Å². The van der Waals surface area contributed by atoms with Gasteiger partial charge in [-0.05, 0) is 37.3 Å². The van der Waals surface area contributed by atoms with Crippen LogP contribution < -0.4 is 24.4 Å². The van der Waals surface area contributed by atoms with Gasteiger partial charge in [-0.25, -0.2) is 0 Å². The Balaban J connectivity index is 1.68. The molecule has 1 aliphatic heterocycles. The van der Waals surface area contributed by atoms with Crippen molar-refractivity contribution >= 4 is 23.2 Å². The molecule has 1 N–H and O–H groups in total. The standard InChI is InChI=1S/C19H20N2O5/c1-12(26-15-6-4-5-14(10-15)24-3)19(23)20-13-7-8-17-16(9-13)21(2)18(22)11-25-17/h4-10,12H,11H2,1-3H3,(H,20,23). The highest BCUT2D eigenvalue weighted by atomic mass is 16.5. The number of amides is 2. The number of anilines is 2. The number of methoxy groups -OCH3 is 1. The van der Waals surface area contributed by atoms with Crippen LogP contribution in [0.2, 0.25) is 0 Å². The molecule has 0 fully saturated rings. The highest BCUT2D eigenvalue weighted by Crippen LogP contribution is 2.33. The molecular weight excluding hydrogens is 336 g/mol. The Hall–Kier alpha value is -3.22. The van der Waals surface area contributed by atoms with Crippen LogP contribution in [-0.4, -0.2) is 38.7 Å². The van der Waals surface area contributed by atoms with E-state index in [1.54, 1.807) is 63.5 Å². The highest BCUT2D eigenvalue weighted by molar-refractivity contribution is 5.99. The third-order valence-electron chi connectivity index (χ3n) is 4.04. The van der Waals surface area contributed by atoms with E-state index in [2.05, 4.69) is 5.32 Å². The van der Waals surface area contributed by atoms with Gasteiger partial charge >= 0.3 is 0 Å². The zero-order valence-electron chi connectivity index (χ0n) is 14.8. The molecule has 1 heterocycles. The fraction of sp³-hybridized carbons (Fsp3) is 0.263. The molecule has 2 amide bonds. The van der Waals surface area contributed by atoms with Gasteiger partial charge in [0.25, 0.3) is 11.8 Å². The first kappa shape index (κ1) is 17.6. The fourth-order valence-corrected chi connectivity index (χ4v) is 2.53. The van der Waals surface area contributed by atoms with Crippen LogP contribution in [0.5, 0.6) is 17.2 Å². The molecular formula is C19H20N2O5. The number of likely N-dealkylation sites (N-methyl/N-ethyl adjacent to an activating group) is 1. The summed E-state index contributed by atoms with van der Waals surface area (Å²) >= 11 is 0. The van der Waals surface area contributed by atoms with Crippen LogP contribution in [0, 0.1) is 0 Å². The third-order valence-corrected chi connectivity index (χ3v) is 4.04. The number of carbonyl (C=O) groups excluding carboxylic acids is 2. The Labute approximate surface area is 151 Å². The van der Waals surface area contributed by atoms with Crippen LogP contribution in [0.25, 0.3) is 0 Å². The van der Waals surface area contributed by atoms with E-state index < -0.39 is 6.10 Å². The lowest BCUT2D eigenvalue weighted by molar-refractivity contribution is -0.122. The van der Waals surface area contributed by atoms with Crippen LogP contribution in [0.1, 0.15) is 6.92 Å². The van der Waals surface area contributed by atoms with Crippen LogP contribution in [0.4, 0.5) is 11.4 Å². The van der Waals surface area contributed by atoms with E-state index in [0.717, 1.165) is 0 Å². The van der Waals surface area contributed by atoms with Gasteiger partial charge in [0, 0.05) is 18.8 Å². The maximum Gasteiger partial charge on any atom is 0.265 e. The van der Waals surface area contributed by atoms with Crippen LogP contribution in [0.3, 0.4) is 0 Å². The highest BCUT2D eigenvalue weighted by Gasteiger charge is 2.23. The topological polar surface area (TPSA) is 77.1 Å². The zero-order chi connectivity index (χ0) is 18.7. The van der Waals surface area contributed by atoms with Crippen molar-refractivity contribution in [3.63, 3.8) is 0 Å². The van der Waals surface area contributed by atoms with E-state index in [1.165, 1.54) is 4.90 Å². The first-order chi connectivity index (χ1) is 12.5. The fourth-order valence-electron chi connectivity index (χ4n) is 2.53. The summed E-state index contributed by atoms with van der Waals surface area (Å²) in [6.45, 7) is 1.67. The normalized spacial score (nSPS) is 14.1. The second kappa shape index (κ2) is 7.35. The van der Waals surface area contributed by atoms with Crippen molar-refractivity contribution < 1.29 is 23.8 Å². The summed E-state index contributed by atoms with van der Waals surface area (Å²) in [5, 5.41) is 2.79. The second-order valence-electron chi connectivity index (χ2n) is 5.85. The van der Waals surface area contributed by atoms with Gasteiger partial charge in [-0.3, -0.25) is 9.59 Å². The lowest BCUT2D eigenvalue weighted by Crippen LogP contribution is -2.35. The molecule has 2 aromatic rings. The number of nitrogens with zero attached hydrogens (tertiary/aromatic N) is 1. The van der Waals surface area contributed by atoms with Crippen molar-refractivity contribution in [1.82, 2.24) is 0 Å². The van der Waals surface area contributed by atoms with Gasteiger partial charge in [0.2, 0.25) is 0 Å². The monoisotopic (exact) mass is 356 g/mol. The molecule has 1 unspecified atom stereocenters. The number of nitrogens with one attached hydrogen (secondary N) is 1. The maximum absolute atomic E-state index is 12.4. The summed E-state index contributed by atoms with van der Waals surface area (Å²) in [5.41, 5.74) is 1.17. The first-order valence-electron chi connectivity index (χ1n) is 8.13. The van der Waals surface area contributed by atoms with Crippen LogP contribution in [-0.2, 0) is 9.59 Å². The summed E-state index contributed by atoms with van der Waals surface area (Å²) in [7, 11) is 3.24. The van der Waals surface area contributed by atoms with Crippen LogP contribution >= 0.6 is 0 Å². The first-order valence-corrected chi connectivity index (χ1v) is 8.13. The largest absolute Gasteiger partial charge is 0.497 e. The molecule has 0 spiro atoms. The summed E-state index contributed by atoms with van der Waals surface area (Å²) < 4.78 is 16.2. The molecule has 0 saturated carbocycles. The maximum atomic E-state index is 12.4. The molecule has 7 heteroatoms. The third kappa shape index (κ3) is 3.72. The molecule has 0 aromatic heterocycles. The van der Waals surface area contributed by atoms with Gasteiger partial charge in [0.1, 0.15) is 17.2 Å². The molecule has 1 atom stereocenters. The molecule has 136 valence electrons. The smallest absolute Gasteiger partial charge is 0.265 e. The predicted molar refractivity (Wildman–Crippen MR) is 97.1 cm³/mol. The number of benzene rings is 2. The van der Waals surface area contributed by atoms with E-state index in [9.17, 15) is 9.59 Å². The number of fused-ring (bicyclic) bond motifs is 1. The Bertz CT molecular complexity index is 836. The lowest BCUT2D eigenvalue weighted by atomic mass is 10.2. The SMILES string of the molecule is COc1cccc(OC(C)C(=O)Nc2ccc3c(c2)N(C)C(=O)CO3)c1. The average molecular weight is 356 g/mol. The van der Waals surface area contributed by atoms with E-state index in [-0.39, 0.29) is 18.4 Å². The number of hydrogen-bond donors (Lipinski definition) is 1. The zero-order valence-corrected chi connectivity index (χ0v) is 14.8. The minimum atomic E-state index is -0.714. The second-order valence-corrected chi connectivity index (χ2v) is 5.85. The molecule has 1 aliphatic rings. The van der Waals surface area contributed by atoms with Gasteiger partial charge in [-0.1, -0.05) is 6.07 Å². The Morgan fingerprint density at radius 3 is 2.77 bits per heavy atom. The van der Waals surface area contributed by atoms with Crippen molar-refractivity contribution in [3.05, 3.63) is 42.5 Å². The Kier molecular flexibility index (Phi) is 4.97. The van der Waals surface area contributed by atoms with Gasteiger partial charge < -0.3 is 24.4 Å². The minimum Gasteiger partial charge on any atom is -0.497 e. The lowest BCUT2D eigenvalue weighted by Gasteiger charge is -2.26. The summed E-state index contributed by atoms with van der Waals surface area (Å²) in [5.74, 6) is 1.34. The number of rotatable bonds is 5.